The Morgan fingerprint density at radius 2 is 1.15 bits per heavy atom. The molecule has 0 aromatic heterocycles. The zero-order chi connectivity index (χ0) is 16.7. The van der Waals surface area contributed by atoms with Crippen LogP contribution in [0.15, 0.2) is 11.4 Å². The van der Waals surface area contributed by atoms with Crippen LogP contribution in [0, 0.1) is 0 Å². The Labute approximate surface area is 119 Å². The molecule has 0 fully saturated rings. The van der Waals surface area contributed by atoms with Gasteiger partial charge in [0.25, 0.3) is 0 Å². The largest absolute Gasteiger partial charge is 0.478 e. The number of carboxylic acid groups (broad SMARTS) is 1. The van der Waals surface area contributed by atoms with Gasteiger partial charge in [0.05, 0.1) is 0 Å². The zero-order valence-electron chi connectivity index (χ0n) is 8.51. The van der Waals surface area contributed by atoms with E-state index in [1.54, 1.807) is 0 Å². The Bertz CT molecular complexity index is 419. The molecule has 1 N–H and O–H groups in total. The highest BCUT2D eigenvalue weighted by molar-refractivity contribution is 6.70. The third-order valence-electron chi connectivity index (χ3n) is 1.80. The molecular formula is C7HCl3F8O2. The van der Waals surface area contributed by atoms with Crippen molar-refractivity contribution in [2.75, 3.05) is 0 Å². The number of allylic oxidation sites excluding steroid dienone is 1. The van der Waals surface area contributed by atoms with Gasteiger partial charge in [0.15, 0.2) is 5.83 Å². The molecule has 2 nitrogen and oxygen atoms in total. The summed E-state index contributed by atoms with van der Waals surface area (Å²) in [6.45, 7) is 0. The first-order valence-electron chi connectivity index (χ1n) is 4.01. The molecule has 0 saturated heterocycles. The van der Waals surface area contributed by atoms with E-state index in [-0.39, 0.29) is 0 Å². The highest BCUT2D eigenvalue weighted by atomic mass is 35.6. The van der Waals surface area contributed by atoms with Crippen LogP contribution in [0.2, 0.25) is 0 Å². The fourth-order valence-electron chi connectivity index (χ4n) is 0.921. The van der Waals surface area contributed by atoms with E-state index in [0.29, 0.717) is 0 Å². The molecule has 0 radical (unpaired) electrons. The van der Waals surface area contributed by atoms with Crippen molar-refractivity contribution < 1.29 is 45.0 Å². The lowest BCUT2D eigenvalue weighted by atomic mass is 9.99. The Kier molecular flexibility index (Phi) is 5.25. The van der Waals surface area contributed by atoms with Gasteiger partial charge in [-0.2, -0.15) is 26.3 Å². The fraction of sp³-hybridized carbons (Fsp3) is 0.571. The van der Waals surface area contributed by atoms with Gasteiger partial charge in [-0.15, -0.1) is 0 Å². The molecule has 20 heavy (non-hydrogen) atoms. The highest BCUT2D eigenvalue weighted by Crippen LogP contribution is 2.53. The topological polar surface area (TPSA) is 37.3 Å². The fourth-order valence-corrected chi connectivity index (χ4v) is 1.41. The molecule has 0 aliphatic carbocycles. The summed E-state index contributed by atoms with van der Waals surface area (Å²) >= 11 is 14.2. The van der Waals surface area contributed by atoms with Crippen LogP contribution in [0.4, 0.5) is 35.1 Å². The molecule has 0 amide bonds. The minimum atomic E-state index is -6.87. The molecule has 0 aromatic carbocycles. The average Bonchev–Trinajstić information content (AvgIpc) is 2.09. The number of carbonyl (C=O) groups is 1. The Morgan fingerprint density at radius 1 is 0.850 bits per heavy atom. The van der Waals surface area contributed by atoms with E-state index >= 15 is 0 Å². The van der Waals surface area contributed by atoms with E-state index in [1.165, 1.54) is 0 Å². The standard InChI is InChI=1S/C7HCl3F8O2/c8-5(9,10)1(3(19)20)2(11)4(12,6(13,14)15)7(16,17)18/h(H,19,20). The maximum atomic E-state index is 13.3. The normalized spacial score (nSPS) is 15.9. The van der Waals surface area contributed by atoms with Gasteiger partial charge in [-0.05, 0) is 0 Å². The molecule has 0 spiro atoms. The number of rotatable bonds is 2. The minimum absolute atomic E-state index is 2.64. The van der Waals surface area contributed by atoms with Crippen LogP contribution >= 0.6 is 34.8 Å². The zero-order valence-corrected chi connectivity index (χ0v) is 10.8. The van der Waals surface area contributed by atoms with Crippen LogP contribution in [-0.4, -0.2) is 32.9 Å². The smallest absolute Gasteiger partial charge is 0.438 e. The Balaban J connectivity index is 6.57. The molecule has 0 heterocycles. The number of halogens is 11. The van der Waals surface area contributed by atoms with E-state index < -0.39 is 39.2 Å². The summed E-state index contributed by atoms with van der Waals surface area (Å²) in [5.74, 6) is -6.62. The van der Waals surface area contributed by atoms with Crippen molar-refractivity contribution in [2.24, 2.45) is 0 Å². The predicted molar refractivity (Wildman–Crippen MR) is 52.0 cm³/mol. The second kappa shape index (κ2) is 5.38. The molecule has 0 aliphatic rings. The van der Waals surface area contributed by atoms with Gasteiger partial charge in [-0.1, -0.05) is 34.8 Å². The van der Waals surface area contributed by atoms with Crippen LogP contribution in [-0.2, 0) is 4.79 Å². The molecule has 118 valence electrons. The lowest BCUT2D eigenvalue weighted by Gasteiger charge is -2.30. The van der Waals surface area contributed by atoms with Gasteiger partial charge in [-0.3, -0.25) is 0 Å². The maximum absolute atomic E-state index is 13.3. The molecule has 0 saturated carbocycles. The van der Waals surface area contributed by atoms with Crippen molar-refractivity contribution >= 4 is 40.8 Å². The summed E-state index contributed by atoms with van der Waals surface area (Å²) in [6, 6.07) is 0. The molecule has 0 rings (SSSR count). The van der Waals surface area contributed by atoms with Gasteiger partial charge < -0.3 is 5.11 Å². The van der Waals surface area contributed by atoms with Crippen molar-refractivity contribution in [2.45, 2.75) is 21.8 Å². The third kappa shape index (κ3) is 3.40. The lowest BCUT2D eigenvalue weighted by molar-refractivity contribution is -0.331. The van der Waals surface area contributed by atoms with Crippen LogP contribution in [0.25, 0.3) is 0 Å². The van der Waals surface area contributed by atoms with Gasteiger partial charge in [-0.25, -0.2) is 13.6 Å². The summed E-state index contributed by atoms with van der Waals surface area (Å²) in [6.07, 6.45) is -13.7. The molecule has 0 bridgehead atoms. The van der Waals surface area contributed by atoms with Gasteiger partial charge in [0, 0.05) is 0 Å². The number of carboxylic acids is 1. The monoisotopic (exact) mass is 374 g/mol. The first-order chi connectivity index (χ1) is 8.48. The summed E-state index contributed by atoms with van der Waals surface area (Å²) in [5.41, 5.74) is -9.27. The van der Waals surface area contributed by atoms with Gasteiger partial charge >= 0.3 is 24.0 Å². The number of alkyl halides is 10. The van der Waals surface area contributed by atoms with E-state index in [1.807, 2.05) is 0 Å². The molecular weight excluding hydrogens is 374 g/mol. The molecule has 0 atom stereocenters. The highest BCUT2D eigenvalue weighted by Gasteiger charge is 2.77. The Morgan fingerprint density at radius 3 is 1.30 bits per heavy atom. The van der Waals surface area contributed by atoms with Crippen LogP contribution in [0.3, 0.4) is 0 Å². The molecule has 13 heteroatoms. The number of hydrogen-bond acceptors (Lipinski definition) is 1. The van der Waals surface area contributed by atoms with Crippen LogP contribution in [0.5, 0.6) is 0 Å². The molecule has 0 aromatic rings. The van der Waals surface area contributed by atoms with E-state index in [0.717, 1.165) is 0 Å². The number of aliphatic carboxylic acids is 1. The minimum Gasteiger partial charge on any atom is -0.478 e. The maximum Gasteiger partial charge on any atom is 0.438 e. The van der Waals surface area contributed by atoms with Crippen LogP contribution in [0.1, 0.15) is 0 Å². The summed E-state index contributed by atoms with van der Waals surface area (Å²) in [4.78, 5) is 10.4. The lowest BCUT2D eigenvalue weighted by Crippen LogP contribution is -2.54. The second-order valence-corrected chi connectivity index (χ2v) is 5.43. The molecule has 0 unspecified atom stereocenters. The summed E-state index contributed by atoms with van der Waals surface area (Å²) < 4.78 is 96.0. The number of hydrogen-bond donors (Lipinski definition) is 1. The first-order valence-corrected chi connectivity index (χ1v) is 5.14. The van der Waals surface area contributed by atoms with Crippen molar-refractivity contribution in [3.8, 4) is 0 Å². The van der Waals surface area contributed by atoms with Crippen molar-refractivity contribution in [1.82, 2.24) is 0 Å². The van der Waals surface area contributed by atoms with Gasteiger partial charge in [0.1, 0.15) is 5.57 Å². The summed E-state index contributed by atoms with van der Waals surface area (Å²) in [7, 11) is 0. The summed E-state index contributed by atoms with van der Waals surface area (Å²) in [5, 5.41) is 8.32. The third-order valence-corrected chi connectivity index (χ3v) is 2.37. The predicted octanol–water partition coefficient (Wildman–Crippen LogP) is 4.50. The molecule has 0 aliphatic heterocycles. The van der Waals surface area contributed by atoms with Crippen molar-refractivity contribution in [3.05, 3.63) is 11.4 Å². The second-order valence-electron chi connectivity index (χ2n) is 3.15. The van der Waals surface area contributed by atoms with Gasteiger partial charge in [0.2, 0.25) is 3.79 Å². The van der Waals surface area contributed by atoms with Crippen molar-refractivity contribution in [1.29, 1.82) is 0 Å². The average molecular weight is 375 g/mol. The van der Waals surface area contributed by atoms with Crippen molar-refractivity contribution in [3.63, 3.8) is 0 Å². The van der Waals surface area contributed by atoms with E-state index in [9.17, 15) is 39.9 Å². The van der Waals surface area contributed by atoms with Crippen LogP contribution < -0.4 is 0 Å². The van der Waals surface area contributed by atoms with E-state index in [4.69, 9.17) is 39.9 Å². The van der Waals surface area contributed by atoms with E-state index in [2.05, 4.69) is 0 Å². The quantitative estimate of drug-likeness (QED) is 0.438. The Hall–Kier alpha value is -0.480. The SMILES string of the molecule is O=C(O)C(=C(F)C(F)(C(F)(F)F)C(F)(F)F)C(Cl)(Cl)Cl. The first kappa shape index (κ1) is 19.5.